The zero-order valence-corrected chi connectivity index (χ0v) is 13.0. The van der Waals surface area contributed by atoms with Crippen LogP contribution in [0, 0.1) is 11.7 Å². The molecule has 1 fully saturated rings. The minimum Gasteiger partial charge on any atom is -0.389 e. The molecule has 4 nitrogen and oxygen atoms in total. The SMILES string of the molecule is CC1CCCC(O)(CNS(=O)(=O)Cc2ccc(F)cc2)C1. The molecule has 0 radical (unpaired) electrons. The molecule has 21 heavy (non-hydrogen) atoms. The van der Waals surface area contributed by atoms with Gasteiger partial charge in [-0.2, -0.15) is 0 Å². The van der Waals surface area contributed by atoms with E-state index in [-0.39, 0.29) is 12.3 Å². The molecular formula is C15H22FNO3S. The van der Waals surface area contributed by atoms with Crippen molar-refractivity contribution >= 4 is 10.0 Å². The van der Waals surface area contributed by atoms with E-state index in [1.807, 2.05) is 0 Å². The van der Waals surface area contributed by atoms with E-state index in [1.54, 1.807) is 0 Å². The highest BCUT2D eigenvalue weighted by Crippen LogP contribution is 2.31. The van der Waals surface area contributed by atoms with Crippen molar-refractivity contribution in [3.63, 3.8) is 0 Å². The summed E-state index contributed by atoms with van der Waals surface area (Å²) in [5.41, 5.74) is -0.430. The van der Waals surface area contributed by atoms with Crippen molar-refractivity contribution in [3.8, 4) is 0 Å². The van der Waals surface area contributed by atoms with Gasteiger partial charge in [0.05, 0.1) is 11.4 Å². The topological polar surface area (TPSA) is 66.4 Å². The van der Waals surface area contributed by atoms with Crippen LogP contribution >= 0.6 is 0 Å². The summed E-state index contributed by atoms with van der Waals surface area (Å²) in [7, 11) is -3.53. The van der Waals surface area contributed by atoms with Crippen LogP contribution in [-0.2, 0) is 15.8 Å². The Bertz CT molecular complexity index is 573. The van der Waals surface area contributed by atoms with Crippen molar-refractivity contribution in [2.75, 3.05) is 6.54 Å². The number of aliphatic hydroxyl groups is 1. The Kier molecular flexibility index (Phi) is 5.01. The fraction of sp³-hybridized carbons (Fsp3) is 0.600. The lowest BCUT2D eigenvalue weighted by molar-refractivity contribution is -0.00752. The van der Waals surface area contributed by atoms with Gasteiger partial charge in [-0.1, -0.05) is 31.9 Å². The molecule has 0 bridgehead atoms. The van der Waals surface area contributed by atoms with Crippen molar-refractivity contribution in [1.29, 1.82) is 0 Å². The molecule has 2 N–H and O–H groups in total. The van der Waals surface area contributed by atoms with Gasteiger partial charge >= 0.3 is 0 Å². The summed E-state index contributed by atoms with van der Waals surface area (Å²) in [6.07, 6.45) is 3.23. The lowest BCUT2D eigenvalue weighted by Gasteiger charge is -2.35. The molecule has 6 heteroatoms. The van der Waals surface area contributed by atoms with Gasteiger partial charge in [-0.3, -0.25) is 0 Å². The van der Waals surface area contributed by atoms with Gasteiger partial charge in [0, 0.05) is 6.54 Å². The maximum absolute atomic E-state index is 12.8. The van der Waals surface area contributed by atoms with Gasteiger partial charge in [0.15, 0.2) is 0 Å². The van der Waals surface area contributed by atoms with Crippen LogP contribution in [0.3, 0.4) is 0 Å². The third-order valence-corrected chi connectivity index (χ3v) is 5.26. The first kappa shape index (κ1) is 16.4. The summed E-state index contributed by atoms with van der Waals surface area (Å²) in [4.78, 5) is 0. The molecule has 0 saturated heterocycles. The van der Waals surface area contributed by atoms with E-state index in [0.717, 1.165) is 12.8 Å². The lowest BCUT2D eigenvalue weighted by Crippen LogP contribution is -2.46. The lowest BCUT2D eigenvalue weighted by atomic mass is 9.79. The molecule has 2 atom stereocenters. The normalized spacial score (nSPS) is 26.7. The van der Waals surface area contributed by atoms with Gasteiger partial charge in [0.1, 0.15) is 5.82 Å². The van der Waals surface area contributed by atoms with Crippen molar-refractivity contribution < 1.29 is 17.9 Å². The molecule has 2 rings (SSSR count). The van der Waals surface area contributed by atoms with E-state index in [4.69, 9.17) is 0 Å². The van der Waals surface area contributed by atoms with E-state index >= 15 is 0 Å². The highest BCUT2D eigenvalue weighted by molar-refractivity contribution is 7.88. The summed E-state index contributed by atoms with van der Waals surface area (Å²) in [5, 5.41) is 10.4. The van der Waals surface area contributed by atoms with Crippen LogP contribution in [0.4, 0.5) is 4.39 Å². The number of hydrogen-bond donors (Lipinski definition) is 2. The first-order chi connectivity index (χ1) is 9.78. The Morgan fingerprint density at radius 3 is 2.67 bits per heavy atom. The number of nitrogens with one attached hydrogen (secondary N) is 1. The van der Waals surface area contributed by atoms with Gasteiger partial charge in [-0.25, -0.2) is 17.5 Å². The summed E-state index contributed by atoms with van der Waals surface area (Å²) in [5.74, 6) is -0.196. The van der Waals surface area contributed by atoms with E-state index in [2.05, 4.69) is 11.6 Å². The number of benzene rings is 1. The van der Waals surface area contributed by atoms with Gasteiger partial charge in [0.2, 0.25) is 10.0 Å². The van der Waals surface area contributed by atoms with E-state index < -0.39 is 21.4 Å². The van der Waals surface area contributed by atoms with E-state index in [9.17, 15) is 17.9 Å². The first-order valence-electron chi connectivity index (χ1n) is 7.22. The molecule has 1 aliphatic rings. The molecule has 0 spiro atoms. The summed E-state index contributed by atoms with van der Waals surface area (Å²) >= 11 is 0. The van der Waals surface area contributed by atoms with Crippen molar-refractivity contribution in [3.05, 3.63) is 35.6 Å². The fourth-order valence-electron chi connectivity index (χ4n) is 2.89. The van der Waals surface area contributed by atoms with Crippen molar-refractivity contribution in [2.24, 2.45) is 5.92 Å². The van der Waals surface area contributed by atoms with E-state index in [1.165, 1.54) is 24.3 Å². The summed E-state index contributed by atoms with van der Waals surface area (Å²) in [6, 6.07) is 5.38. The maximum atomic E-state index is 12.8. The zero-order valence-electron chi connectivity index (χ0n) is 12.2. The third kappa shape index (κ3) is 5.05. The second-order valence-electron chi connectivity index (χ2n) is 6.13. The molecule has 2 unspecified atom stereocenters. The molecule has 1 aromatic carbocycles. The molecule has 0 aliphatic heterocycles. The van der Waals surface area contributed by atoms with Crippen LogP contribution in [0.2, 0.25) is 0 Å². The molecule has 0 aromatic heterocycles. The van der Waals surface area contributed by atoms with E-state index in [0.29, 0.717) is 24.3 Å². The smallest absolute Gasteiger partial charge is 0.215 e. The van der Waals surface area contributed by atoms with Crippen LogP contribution in [0.1, 0.15) is 38.2 Å². The molecule has 1 aromatic rings. The number of rotatable bonds is 5. The number of hydrogen-bond acceptors (Lipinski definition) is 3. The Morgan fingerprint density at radius 2 is 2.05 bits per heavy atom. The van der Waals surface area contributed by atoms with Crippen molar-refractivity contribution in [1.82, 2.24) is 4.72 Å². The van der Waals surface area contributed by atoms with Gasteiger partial charge in [-0.05, 0) is 36.5 Å². The first-order valence-corrected chi connectivity index (χ1v) is 8.87. The number of sulfonamides is 1. The minimum absolute atomic E-state index is 0.0425. The second-order valence-corrected chi connectivity index (χ2v) is 7.94. The van der Waals surface area contributed by atoms with Crippen LogP contribution in [0.15, 0.2) is 24.3 Å². The third-order valence-electron chi connectivity index (χ3n) is 3.96. The number of halogens is 1. The van der Waals surface area contributed by atoms with Crippen molar-refractivity contribution in [2.45, 2.75) is 44.0 Å². The van der Waals surface area contributed by atoms with Crippen LogP contribution < -0.4 is 4.72 Å². The molecule has 0 amide bonds. The van der Waals surface area contributed by atoms with Gasteiger partial charge in [-0.15, -0.1) is 0 Å². The molecule has 0 heterocycles. The monoisotopic (exact) mass is 315 g/mol. The Morgan fingerprint density at radius 1 is 1.38 bits per heavy atom. The Balaban J connectivity index is 1.93. The molecule has 118 valence electrons. The fourth-order valence-corrected chi connectivity index (χ4v) is 4.11. The highest BCUT2D eigenvalue weighted by Gasteiger charge is 2.33. The highest BCUT2D eigenvalue weighted by atomic mass is 32.2. The minimum atomic E-state index is -3.53. The van der Waals surface area contributed by atoms with Crippen LogP contribution in [0.25, 0.3) is 0 Å². The zero-order chi connectivity index (χ0) is 15.5. The summed E-state index contributed by atoms with van der Waals surface area (Å²) < 4.78 is 39.4. The average Bonchev–Trinajstić information content (AvgIpc) is 2.39. The molecular weight excluding hydrogens is 293 g/mol. The van der Waals surface area contributed by atoms with Gasteiger partial charge in [0.25, 0.3) is 0 Å². The predicted octanol–water partition coefficient (Wildman–Crippen LogP) is 2.19. The predicted molar refractivity (Wildman–Crippen MR) is 79.6 cm³/mol. The average molecular weight is 315 g/mol. The van der Waals surface area contributed by atoms with Crippen LogP contribution in [-0.4, -0.2) is 25.7 Å². The molecule has 1 aliphatic carbocycles. The van der Waals surface area contributed by atoms with Gasteiger partial charge < -0.3 is 5.11 Å². The Labute approximate surface area is 125 Å². The summed E-state index contributed by atoms with van der Waals surface area (Å²) in [6.45, 7) is 2.11. The molecule has 1 saturated carbocycles. The Hall–Kier alpha value is -0.980. The van der Waals surface area contributed by atoms with Crippen LogP contribution in [0.5, 0.6) is 0 Å². The standard InChI is InChI=1S/C15H22FNO3S/c1-12-3-2-8-15(18,9-12)11-17-21(19,20)10-13-4-6-14(16)7-5-13/h4-7,12,17-18H,2-3,8-11H2,1H3. The largest absolute Gasteiger partial charge is 0.389 e. The maximum Gasteiger partial charge on any atom is 0.215 e. The quantitative estimate of drug-likeness (QED) is 0.875. The second kappa shape index (κ2) is 6.42.